The Hall–Kier alpha value is -2.41. The molecule has 1 aromatic carbocycles. The van der Waals surface area contributed by atoms with Crippen LogP contribution in [0.15, 0.2) is 18.2 Å². The number of nitro groups is 1. The van der Waals surface area contributed by atoms with Crippen LogP contribution in [0.4, 0.5) is 11.5 Å². The molecular weight excluding hydrogens is 260 g/mol. The Balaban J connectivity index is 2.83. The number of nitrogens with one attached hydrogen (secondary N) is 1. The van der Waals surface area contributed by atoms with Crippen molar-refractivity contribution in [3.05, 3.63) is 33.9 Å². The highest BCUT2D eigenvalue weighted by molar-refractivity contribution is 5.91. The summed E-state index contributed by atoms with van der Waals surface area (Å²) in [5.41, 5.74) is 3.57. The van der Waals surface area contributed by atoms with Gasteiger partial charge in [0.1, 0.15) is 11.6 Å². The second kappa shape index (κ2) is 5.30. The first kappa shape index (κ1) is 14.0. The van der Waals surface area contributed by atoms with Crippen molar-refractivity contribution < 1.29 is 9.66 Å². The second-order valence-corrected chi connectivity index (χ2v) is 4.70. The summed E-state index contributed by atoms with van der Waals surface area (Å²) in [6.07, 6.45) is 0. The number of hydrogen-bond acceptors (Lipinski definition) is 6. The number of nitrogens with two attached hydrogens (primary N) is 1. The van der Waals surface area contributed by atoms with E-state index in [2.05, 4.69) is 10.4 Å². The number of nitrogen functional groups attached to an aromatic ring is 1. The molecule has 0 amide bonds. The van der Waals surface area contributed by atoms with Crippen LogP contribution in [-0.4, -0.2) is 17.0 Å². The van der Waals surface area contributed by atoms with E-state index in [4.69, 9.17) is 10.6 Å². The third kappa shape index (κ3) is 2.35. The van der Waals surface area contributed by atoms with E-state index in [1.807, 2.05) is 19.9 Å². The van der Waals surface area contributed by atoms with E-state index >= 15 is 0 Å². The van der Waals surface area contributed by atoms with Gasteiger partial charge in [-0.1, -0.05) is 13.8 Å². The van der Waals surface area contributed by atoms with Gasteiger partial charge < -0.3 is 10.2 Å². The fraction of sp³-hybridized carbons (Fsp3) is 0.308. The molecule has 0 aliphatic heterocycles. The summed E-state index contributed by atoms with van der Waals surface area (Å²) in [5, 5.41) is 11.8. The number of aromatic nitrogens is 1. The number of benzene rings is 1. The van der Waals surface area contributed by atoms with Gasteiger partial charge in [-0.15, -0.1) is 0 Å². The molecule has 0 atom stereocenters. The van der Waals surface area contributed by atoms with Crippen LogP contribution in [0.25, 0.3) is 10.9 Å². The minimum absolute atomic E-state index is 0.105. The number of anilines is 1. The Morgan fingerprint density at radius 3 is 2.60 bits per heavy atom. The standard InChI is InChI=1S/C13H16N4O3/c1-7(2)10-5-8-4-9(20-3)6-11(17(18)19)12(8)15-13(10)16-14/h4-7H,14H2,1-3H3,(H,15,16). The first-order valence-corrected chi connectivity index (χ1v) is 6.11. The van der Waals surface area contributed by atoms with E-state index < -0.39 is 4.92 Å². The Labute approximate surface area is 115 Å². The molecule has 1 aromatic heterocycles. The van der Waals surface area contributed by atoms with Crippen LogP contribution < -0.4 is 16.0 Å². The van der Waals surface area contributed by atoms with Gasteiger partial charge in [-0.3, -0.25) is 10.1 Å². The minimum Gasteiger partial charge on any atom is -0.496 e. The van der Waals surface area contributed by atoms with Gasteiger partial charge >= 0.3 is 0 Å². The Bertz CT molecular complexity index is 670. The lowest BCUT2D eigenvalue weighted by molar-refractivity contribution is -0.383. The first-order chi connectivity index (χ1) is 9.47. The molecule has 0 spiro atoms. The van der Waals surface area contributed by atoms with Gasteiger partial charge in [0.2, 0.25) is 0 Å². The topological polar surface area (TPSA) is 103 Å². The highest BCUT2D eigenvalue weighted by Crippen LogP contribution is 2.34. The molecule has 0 unspecified atom stereocenters. The number of pyridine rings is 1. The van der Waals surface area contributed by atoms with Gasteiger partial charge in [0.25, 0.3) is 5.69 Å². The fourth-order valence-corrected chi connectivity index (χ4v) is 2.07. The van der Waals surface area contributed by atoms with Gasteiger partial charge in [0.05, 0.1) is 18.1 Å². The summed E-state index contributed by atoms with van der Waals surface area (Å²) in [7, 11) is 1.47. The summed E-state index contributed by atoms with van der Waals surface area (Å²) in [6, 6.07) is 4.92. The average Bonchev–Trinajstić information content (AvgIpc) is 2.44. The normalized spacial score (nSPS) is 10.8. The summed E-state index contributed by atoms with van der Waals surface area (Å²) in [6.45, 7) is 4.00. The molecule has 7 heteroatoms. The lowest BCUT2D eigenvalue weighted by atomic mass is 10.0. The zero-order valence-electron chi connectivity index (χ0n) is 11.5. The van der Waals surface area contributed by atoms with Crippen LogP contribution in [0.3, 0.4) is 0 Å². The molecule has 0 aliphatic carbocycles. The molecule has 7 nitrogen and oxygen atoms in total. The molecule has 0 aliphatic rings. The average molecular weight is 276 g/mol. The zero-order valence-corrected chi connectivity index (χ0v) is 11.5. The number of nitrogens with zero attached hydrogens (tertiary/aromatic N) is 2. The number of fused-ring (bicyclic) bond motifs is 1. The zero-order chi connectivity index (χ0) is 14.9. The molecule has 2 aromatic rings. The lowest BCUT2D eigenvalue weighted by Crippen LogP contribution is -2.12. The van der Waals surface area contributed by atoms with Crippen molar-refractivity contribution in [3.63, 3.8) is 0 Å². The van der Waals surface area contributed by atoms with Crippen molar-refractivity contribution in [3.8, 4) is 5.75 Å². The van der Waals surface area contributed by atoms with Crippen molar-refractivity contribution in [2.45, 2.75) is 19.8 Å². The molecule has 0 bridgehead atoms. The van der Waals surface area contributed by atoms with E-state index in [0.29, 0.717) is 17.0 Å². The third-order valence-electron chi connectivity index (χ3n) is 3.09. The van der Waals surface area contributed by atoms with Crippen LogP contribution in [0.1, 0.15) is 25.3 Å². The van der Waals surface area contributed by atoms with Crippen molar-refractivity contribution >= 4 is 22.4 Å². The first-order valence-electron chi connectivity index (χ1n) is 6.11. The van der Waals surface area contributed by atoms with E-state index in [1.165, 1.54) is 13.2 Å². The SMILES string of the molecule is COc1cc([N+](=O)[O-])c2nc(NN)c(C(C)C)cc2c1. The second-order valence-electron chi connectivity index (χ2n) is 4.70. The maximum atomic E-state index is 11.2. The summed E-state index contributed by atoms with van der Waals surface area (Å²) in [4.78, 5) is 15.0. The number of ether oxygens (including phenoxy) is 1. The molecule has 0 radical (unpaired) electrons. The van der Waals surface area contributed by atoms with Crippen LogP contribution >= 0.6 is 0 Å². The Morgan fingerprint density at radius 1 is 1.40 bits per heavy atom. The maximum Gasteiger partial charge on any atom is 0.299 e. The molecule has 3 N–H and O–H groups in total. The predicted octanol–water partition coefficient (Wildman–Crippen LogP) is 2.56. The summed E-state index contributed by atoms with van der Waals surface area (Å²) in [5.74, 6) is 6.51. The summed E-state index contributed by atoms with van der Waals surface area (Å²) >= 11 is 0. The molecule has 20 heavy (non-hydrogen) atoms. The van der Waals surface area contributed by atoms with Crippen molar-refractivity contribution in [1.82, 2.24) is 4.98 Å². The fourth-order valence-electron chi connectivity index (χ4n) is 2.07. The molecule has 1 heterocycles. The number of hydrazine groups is 1. The lowest BCUT2D eigenvalue weighted by Gasteiger charge is -2.13. The predicted molar refractivity (Wildman–Crippen MR) is 76.8 cm³/mol. The monoisotopic (exact) mass is 276 g/mol. The number of hydrogen-bond donors (Lipinski definition) is 2. The van der Waals surface area contributed by atoms with Gasteiger partial charge in [0.15, 0.2) is 5.52 Å². The molecule has 2 rings (SSSR count). The summed E-state index contributed by atoms with van der Waals surface area (Å²) < 4.78 is 5.10. The molecular formula is C13H16N4O3. The van der Waals surface area contributed by atoms with Gasteiger partial charge in [-0.25, -0.2) is 10.8 Å². The van der Waals surface area contributed by atoms with Crippen molar-refractivity contribution in [2.75, 3.05) is 12.5 Å². The Kier molecular flexibility index (Phi) is 3.71. The van der Waals surface area contributed by atoms with Crippen molar-refractivity contribution in [1.29, 1.82) is 0 Å². The minimum atomic E-state index is -0.479. The molecule has 0 fully saturated rings. The van der Waals surface area contributed by atoms with Crippen molar-refractivity contribution in [2.24, 2.45) is 5.84 Å². The van der Waals surface area contributed by atoms with E-state index in [9.17, 15) is 10.1 Å². The number of non-ortho nitro benzene ring substituents is 1. The quantitative estimate of drug-likeness (QED) is 0.505. The van der Waals surface area contributed by atoms with Crippen LogP contribution in [0.2, 0.25) is 0 Å². The largest absolute Gasteiger partial charge is 0.496 e. The Morgan fingerprint density at radius 2 is 2.10 bits per heavy atom. The smallest absolute Gasteiger partial charge is 0.299 e. The van der Waals surface area contributed by atoms with E-state index in [0.717, 1.165) is 5.56 Å². The van der Waals surface area contributed by atoms with Crippen LogP contribution in [0.5, 0.6) is 5.75 Å². The van der Waals surface area contributed by atoms with E-state index in [1.54, 1.807) is 6.07 Å². The van der Waals surface area contributed by atoms with Crippen LogP contribution in [0, 0.1) is 10.1 Å². The molecule has 106 valence electrons. The molecule has 0 saturated carbocycles. The highest BCUT2D eigenvalue weighted by Gasteiger charge is 2.19. The number of nitro benzene ring substituents is 1. The maximum absolute atomic E-state index is 11.2. The van der Waals surface area contributed by atoms with Gasteiger partial charge in [-0.05, 0) is 23.6 Å². The highest BCUT2D eigenvalue weighted by atomic mass is 16.6. The number of rotatable bonds is 4. The molecule has 0 saturated heterocycles. The third-order valence-corrected chi connectivity index (χ3v) is 3.09. The van der Waals surface area contributed by atoms with Crippen LogP contribution in [-0.2, 0) is 0 Å². The van der Waals surface area contributed by atoms with Gasteiger partial charge in [0, 0.05) is 5.39 Å². The number of methoxy groups -OCH3 is 1. The van der Waals surface area contributed by atoms with E-state index in [-0.39, 0.29) is 17.1 Å². The van der Waals surface area contributed by atoms with Gasteiger partial charge in [-0.2, -0.15) is 0 Å².